The van der Waals surface area contributed by atoms with Crippen molar-refractivity contribution in [1.29, 1.82) is 0 Å². The zero-order valence-electron chi connectivity index (χ0n) is 15.3. The molecular weight excluding hydrogens is 318 g/mol. The lowest BCUT2D eigenvalue weighted by Crippen LogP contribution is -2.50. The van der Waals surface area contributed by atoms with Crippen molar-refractivity contribution in [3.05, 3.63) is 30.1 Å². The van der Waals surface area contributed by atoms with Crippen LogP contribution in [-0.2, 0) is 10.3 Å². The number of benzene rings is 1. The van der Waals surface area contributed by atoms with Crippen LogP contribution < -0.4 is 4.74 Å². The van der Waals surface area contributed by atoms with Crippen LogP contribution in [0.15, 0.2) is 24.3 Å². The second-order valence-corrected chi connectivity index (χ2v) is 6.90. The molecule has 1 amide bonds. The van der Waals surface area contributed by atoms with E-state index in [0.717, 1.165) is 42.9 Å². The lowest BCUT2D eigenvalue weighted by Gasteiger charge is -2.44. The maximum Gasteiger partial charge on any atom is 0.220 e. The SMILES string of the molecule is COc1ccc(-n2nnnc2C2(N(C)C(C)=O)CCC(C)CC2)cc1. The first kappa shape index (κ1) is 17.4. The van der Waals surface area contributed by atoms with E-state index in [4.69, 9.17) is 4.74 Å². The summed E-state index contributed by atoms with van der Waals surface area (Å²) >= 11 is 0. The van der Waals surface area contributed by atoms with Gasteiger partial charge in [-0.2, -0.15) is 4.68 Å². The molecule has 1 fully saturated rings. The Labute approximate surface area is 148 Å². The molecule has 1 heterocycles. The van der Waals surface area contributed by atoms with Crippen molar-refractivity contribution in [1.82, 2.24) is 25.1 Å². The smallest absolute Gasteiger partial charge is 0.220 e. The monoisotopic (exact) mass is 343 g/mol. The first-order chi connectivity index (χ1) is 12.0. The van der Waals surface area contributed by atoms with E-state index in [-0.39, 0.29) is 5.91 Å². The van der Waals surface area contributed by atoms with Crippen LogP contribution in [0.1, 0.15) is 45.4 Å². The molecule has 0 spiro atoms. The van der Waals surface area contributed by atoms with Crippen molar-refractivity contribution < 1.29 is 9.53 Å². The fraction of sp³-hybridized carbons (Fsp3) is 0.556. The Morgan fingerprint density at radius 2 is 1.92 bits per heavy atom. The highest BCUT2D eigenvalue weighted by atomic mass is 16.5. The fourth-order valence-electron chi connectivity index (χ4n) is 3.62. The normalized spacial score (nSPS) is 23.3. The van der Waals surface area contributed by atoms with Gasteiger partial charge in [-0.3, -0.25) is 4.79 Å². The molecule has 0 saturated heterocycles. The van der Waals surface area contributed by atoms with E-state index in [1.54, 1.807) is 18.7 Å². The van der Waals surface area contributed by atoms with Crippen molar-refractivity contribution in [2.45, 2.75) is 45.1 Å². The highest BCUT2D eigenvalue weighted by Crippen LogP contribution is 2.43. The van der Waals surface area contributed by atoms with Crippen LogP contribution in [0.5, 0.6) is 5.75 Å². The number of amides is 1. The molecule has 0 unspecified atom stereocenters. The quantitative estimate of drug-likeness (QED) is 0.853. The van der Waals surface area contributed by atoms with Gasteiger partial charge in [0.05, 0.1) is 12.8 Å². The van der Waals surface area contributed by atoms with Gasteiger partial charge in [0.2, 0.25) is 5.91 Å². The number of hydrogen-bond acceptors (Lipinski definition) is 5. The van der Waals surface area contributed by atoms with Crippen LogP contribution >= 0.6 is 0 Å². The van der Waals surface area contributed by atoms with Gasteiger partial charge in [-0.05, 0) is 66.3 Å². The Bertz CT molecular complexity index is 732. The molecule has 0 N–H and O–H groups in total. The number of nitrogens with zero attached hydrogens (tertiary/aromatic N) is 5. The third kappa shape index (κ3) is 3.10. The number of carbonyl (C=O) groups excluding carboxylic acids is 1. The Balaban J connectivity index is 2.05. The van der Waals surface area contributed by atoms with E-state index in [0.29, 0.717) is 5.92 Å². The summed E-state index contributed by atoms with van der Waals surface area (Å²) in [5, 5.41) is 12.5. The predicted molar refractivity (Wildman–Crippen MR) is 93.5 cm³/mol. The highest BCUT2D eigenvalue weighted by molar-refractivity contribution is 5.74. The third-order valence-electron chi connectivity index (χ3n) is 5.42. The molecule has 1 aliphatic rings. The molecule has 7 nitrogen and oxygen atoms in total. The minimum absolute atomic E-state index is 0.0267. The van der Waals surface area contributed by atoms with Gasteiger partial charge in [0, 0.05) is 14.0 Å². The molecular formula is C18H25N5O2. The van der Waals surface area contributed by atoms with Gasteiger partial charge in [0.15, 0.2) is 5.82 Å². The second kappa shape index (κ2) is 6.82. The van der Waals surface area contributed by atoms with E-state index in [2.05, 4.69) is 22.4 Å². The van der Waals surface area contributed by atoms with Gasteiger partial charge in [-0.1, -0.05) is 6.92 Å². The third-order valence-corrected chi connectivity index (χ3v) is 5.42. The van der Waals surface area contributed by atoms with Crippen molar-refractivity contribution in [3.8, 4) is 11.4 Å². The number of carbonyl (C=O) groups is 1. The number of rotatable bonds is 4. The molecule has 0 radical (unpaired) electrons. The molecule has 0 aliphatic heterocycles. The summed E-state index contributed by atoms with van der Waals surface area (Å²) in [4.78, 5) is 14.0. The summed E-state index contributed by atoms with van der Waals surface area (Å²) in [7, 11) is 3.49. The molecule has 25 heavy (non-hydrogen) atoms. The molecule has 2 aromatic rings. The molecule has 134 valence electrons. The van der Waals surface area contributed by atoms with Crippen LogP contribution in [0.3, 0.4) is 0 Å². The van der Waals surface area contributed by atoms with Crippen molar-refractivity contribution in [3.63, 3.8) is 0 Å². The molecule has 1 aromatic carbocycles. The Kier molecular flexibility index (Phi) is 4.74. The largest absolute Gasteiger partial charge is 0.497 e. The van der Waals surface area contributed by atoms with E-state index < -0.39 is 5.54 Å². The summed E-state index contributed by atoms with van der Waals surface area (Å²) in [6.45, 7) is 3.85. The molecule has 3 rings (SSSR count). The van der Waals surface area contributed by atoms with Crippen LogP contribution in [-0.4, -0.2) is 45.2 Å². The molecule has 1 aromatic heterocycles. The topological polar surface area (TPSA) is 73.1 Å². The summed E-state index contributed by atoms with van der Waals surface area (Å²) in [5.41, 5.74) is 0.387. The zero-order valence-corrected chi connectivity index (χ0v) is 15.3. The van der Waals surface area contributed by atoms with E-state index in [1.165, 1.54) is 0 Å². The molecule has 0 atom stereocenters. The van der Waals surface area contributed by atoms with Crippen LogP contribution in [0, 0.1) is 5.92 Å². The Morgan fingerprint density at radius 3 is 2.48 bits per heavy atom. The second-order valence-electron chi connectivity index (χ2n) is 6.90. The predicted octanol–water partition coefficient (Wildman–Crippen LogP) is 2.55. The maximum absolute atomic E-state index is 12.2. The van der Waals surface area contributed by atoms with Gasteiger partial charge in [-0.25, -0.2) is 0 Å². The van der Waals surface area contributed by atoms with E-state index >= 15 is 0 Å². The van der Waals surface area contributed by atoms with Crippen LogP contribution in [0.2, 0.25) is 0 Å². The average molecular weight is 343 g/mol. The van der Waals surface area contributed by atoms with E-state index in [9.17, 15) is 4.79 Å². The summed E-state index contributed by atoms with van der Waals surface area (Å²) in [6.07, 6.45) is 3.82. The van der Waals surface area contributed by atoms with Crippen molar-refractivity contribution >= 4 is 5.91 Å². The molecule has 1 aliphatic carbocycles. The first-order valence-corrected chi connectivity index (χ1v) is 8.65. The van der Waals surface area contributed by atoms with Crippen LogP contribution in [0.25, 0.3) is 5.69 Å². The maximum atomic E-state index is 12.2. The highest BCUT2D eigenvalue weighted by Gasteiger charge is 2.45. The first-order valence-electron chi connectivity index (χ1n) is 8.65. The van der Waals surface area contributed by atoms with Gasteiger partial charge in [0.25, 0.3) is 0 Å². The minimum atomic E-state index is -0.470. The van der Waals surface area contributed by atoms with Gasteiger partial charge in [0.1, 0.15) is 11.3 Å². The summed E-state index contributed by atoms with van der Waals surface area (Å²) in [5.74, 6) is 2.18. The Hall–Kier alpha value is -2.44. The zero-order chi connectivity index (χ0) is 18.0. The number of ether oxygens (including phenoxy) is 1. The number of aromatic nitrogens is 4. The summed E-state index contributed by atoms with van der Waals surface area (Å²) in [6, 6.07) is 7.60. The average Bonchev–Trinajstić information content (AvgIpc) is 3.12. The van der Waals surface area contributed by atoms with Gasteiger partial charge in [-0.15, -0.1) is 5.10 Å². The molecule has 0 bridgehead atoms. The fourth-order valence-corrected chi connectivity index (χ4v) is 3.62. The lowest BCUT2D eigenvalue weighted by molar-refractivity contribution is -0.136. The lowest BCUT2D eigenvalue weighted by atomic mass is 9.75. The Morgan fingerprint density at radius 1 is 1.28 bits per heavy atom. The molecule has 1 saturated carbocycles. The number of tetrazole rings is 1. The number of methoxy groups -OCH3 is 1. The van der Waals surface area contributed by atoms with Crippen LogP contribution in [0.4, 0.5) is 0 Å². The van der Waals surface area contributed by atoms with Gasteiger partial charge >= 0.3 is 0 Å². The van der Waals surface area contributed by atoms with Crippen molar-refractivity contribution in [2.75, 3.05) is 14.2 Å². The summed E-state index contributed by atoms with van der Waals surface area (Å²) < 4.78 is 6.97. The standard InChI is InChI=1S/C18H25N5O2/c1-13-9-11-18(12-10-13,22(3)14(2)24)17-19-20-21-23(17)15-5-7-16(25-4)8-6-15/h5-8,13H,9-12H2,1-4H3. The van der Waals surface area contributed by atoms with Gasteiger partial charge < -0.3 is 9.64 Å². The number of hydrogen-bond donors (Lipinski definition) is 0. The van der Waals surface area contributed by atoms with Crippen molar-refractivity contribution in [2.24, 2.45) is 5.92 Å². The molecule has 7 heteroatoms. The van der Waals surface area contributed by atoms with E-state index in [1.807, 2.05) is 36.2 Å². The minimum Gasteiger partial charge on any atom is -0.497 e.